The predicted octanol–water partition coefficient (Wildman–Crippen LogP) is 3.44. The van der Waals surface area contributed by atoms with Crippen LogP contribution >= 0.6 is 0 Å². The summed E-state index contributed by atoms with van der Waals surface area (Å²) in [5.41, 5.74) is 0.614. The van der Waals surface area contributed by atoms with Crippen molar-refractivity contribution in [2.75, 3.05) is 26.3 Å². The monoisotopic (exact) mass is 402 g/mol. The Bertz CT molecular complexity index is 863. The maximum Gasteiger partial charge on any atom is 0.317 e. The van der Waals surface area contributed by atoms with E-state index in [0.717, 1.165) is 18.4 Å². The maximum absolute atomic E-state index is 13.4. The van der Waals surface area contributed by atoms with Crippen molar-refractivity contribution in [3.05, 3.63) is 47.4 Å². The van der Waals surface area contributed by atoms with Gasteiger partial charge in [-0.25, -0.2) is 9.18 Å². The van der Waals surface area contributed by atoms with Gasteiger partial charge in [0.1, 0.15) is 5.82 Å². The normalized spacial score (nSPS) is 21.1. The highest BCUT2D eigenvalue weighted by atomic mass is 19.1. The summed E-state index contributed by atoms with van der Waals surface area (Å²) in [5, 5.41) is 11.4. The molecule has 1 spiro atoms. The van der Waals surface area contributed by atoms with Gasteiger partial charge in [-0.1, -0.05) is 26.0 Å². The van der Waals surface area contributed by atoms with Gasteiger partial charge < -0.3 is 19.4 Å². The number of likely N-dealkylation sites (tertiary alicyclic amines) is 1. The van der Waals surface area contributed by atoms with Crippen molar-refractivity contribution in [3.63, 3.8) is 0 Å². The number of hydrogen-bond donors (Lipinski definition) is 1. The second-order valence-corrected chi connectivity index (χ2v) is 8.33. The molecule has 3 heterocycles. The van der Waals surface area contributed by atoms with Gasteiger partial charge in [0.25, 0.3) is 0 Å². The van der Waals surface area contributed by atoms with E-state index in [1.165, 1.54) is 12.1 Å². The largest absolute Gasteiger partial charge is 0.425 e. The van der Waals surface area contributed by atoms with E-state index in [4.69, 9.17) is 9.15 Å². The van der Waals surface area contributed by atoms with Crippen LogP contribution in [0, 0.1) is 11.2 Å². The first-order valence-corrected chi connectivity index (χ1v) is 10.2. The summed E-state index contributed by atoms with van der Waals surface area (Å²) >= 11 is 0. The lowest BCUT2D eigenvalue weighted by molar-refractivity contribution is 0.00997. The Hall–Kier alpha value is -2.48. The molecule has 2 fully saturated rings. The number of halogens is 1. The van der Waals surface area contributed by atoms with Crippen LogP contribution in [0.15, 0.2) is 28.7 Å². The molecule has 0 aliphatic carbocycles. The molecular weight excluding hydrogens is 375 g/mol. The highest BCUT2D eigenvalue weighted by Crippen LogP contribution is 2.49. The van der Waals surface area contributed by atoms with E-state index >= 15 is 0 Å². The first kappa shape index (κ1) is 19.8. The van der Waals surface area contributed by atoms with E-state index in [-0.39, 0.29) is 35.6 Å². The van der Waals surface area contributed by atoms with Gasteiger partial charge in [0.05, 0.1) is 5.92 Å². The Morgan fingerprint density at radius 1 is 1.34 bits per heavy atom. The lowest BCUT2D eigenvalue weighted by Gasteiger charge is -2.36. The van der Waals surface area contributed by atoms with Gasteiger partial charge in [-0.15, -0.1) is 10.2 Å². The fourth-order valence-electron chi connectivity index (χ4n) is 4.31. The summed E-state index contributed by atoms with van der Waals surface area (Å²) in [6.45, 7) is 6.79. The zero-order chi connectivity index (χ0) is 20.4. The molecule has 29 heavy (non-hydrogen) atoms. The predicted molar refractivity (Wildman–Crippen MR) is 104 cm³/mol. The second kappa shape index (κ2) is 8.10. The third-order valence-electron chi connectivity index (χ3n) is 6.00. The Labute approximate surface area is 169 Å². The molecule has 1 atom stereocenters. The molecule has 2 aromatic rings. The molecule has 1 aromatic carbocycles. The summed E-state index contributed by atoms with van der Waals surface area (Å²) in [6, 6.07) is 6.09. The van der Waals surface area contributed by atoms with Crippen LogP contribution in [0.4, 0.5) is 9.18 Å². The van der Waals surface area contributed by atoms with Crippen LogP contribution in [0.2, 0.25) is 0 Å². The summed E-state index contributed by atoms with van der Waals surface area (Å²) < 4.78 is 24.9. The molecule has 1 N–H and O–H groups in total. The van der Waals surface area contributed by atoms with Gasteiger partial charge in [-0.3, -0.25) is 0 Å². The molecular formula is C21H27FN4O3. The number of ether oxygens (including phenoxy) is 1. The highest BCUT2D eigenvalue weighted by Gasteiger charge is 2.51. The second-order valence-electron chi connectivity index (χ2n) is 8.33. The van der Waals surface area contributed by atoms with Gasteiger partial charge in [0.15, 0.2) is 0 Å². The summed E-state index contributed by atoms with van der Waals surface area (Å²) in [6.07, 6.45) is 1.70. The van der Waals surface area contributed by atoms with E-state index in [1.54, 1.807) is 12.1 Å². The molecule has 2 amide bonds. The number of aromatic nitrogens is 2. The van der Waals surface area contributed by atoms with Crippen LogP contribution in [0.1, 0.15) is 55.9 Å². The minimum absolute atomic E-state index is 0.00804. The highest BCUT2D eigenvalue weighted by molar-refractivity contribution is 5.74. The first-order valence-electron chi connectivity index (χ1n) is 10.2. The Morgan fingerprint density at radius 3 is 2.83 bits per heavy atom. The number of hydrogen-bond acceptors (Lipinski definition) is 5. The van der Waals surface area contributed by atoms with Gasteiger partial charge in [-0.2, -0.15) is 0 Å². The molecule has 1 unspecified atom stereocenters. The van der Waals surface area contributed by atoms with E-state index in [0.29, 0.717) is 38.1 Å². The smallest absolute Gasteiger partial charge is 0.317 e. The van der Waals surface area contributed by atoms with Gasteiger partial charge in [0.2, 0.25) is 11.8 Å². The zero-order valence-corrected chi connectivity index (χ0v) is 16.9. The van der Waals surface area contributed by atoms with Crippen LogP contribution in [-0.2, 0) is 11.3 Å². The summed E-state index contributed by atoms with van der Waals surface area (Å²) in [5.74, 6) is 1.07. The van der Waals surface area contributed by atoms with Gasteiger partial charge >= 0.3 is 6.03 Å². The third kappa shape index (κ3) is 4.12. The van der Waals surface area contributed by atoms with Crippen molar-refractivity contribution >= 4 is 6.03 Å². The molecule has 2 saturated heterocycles. The molecule has 8 heteroatoms. The van der Waals surface area contributed by atoms with E-state index < -0.39 is 0 Å². The van der Waals surface area contributed by atoms with Crippen molar-refractivity contribution < 1.29 is 18.3 Å². The average molecular weight is 402 g/mol. The lowest BCUT2D eigenvalue weighted by Crippen LogP contribution is -2.41. The minimum Gasteiger partial charge on any atom is -0.425 e. The van der Waals surface area contributed by atoms with Crippen LogP contribution in [-0.4, -0.2) is 47.4 Å². The molecule has 0 bridgehead atoms. The lowest BCUT2D eigenvalue weighted by atomic mass is 9.72. The number of benzene rings is 1. The quantitative estimate of drug-likeness (QED) is 0.847. The van der Waals surface area contributed by atoms with Crippen molar-refractivity contribution in [1.82, 2.24) is 20.4 Å². The van der Waals surface area contributed by atoms with Crippen LogP contribution in [0.25, 0.3) is 0 Å². The molecule has 0 saturated carbocycles. The molecule has 0 radical (unpaired) electrons. The number of nitrogens with zero attached hydrogens (tertiary/aromatic N) is 3. The number of carbonyl (C=O) groups is 1. The van der Waals surface area contributed by atoms with E-state index in [1.807, 2.05) is 18.7 Å². The number of nitrogens with one attached hydrogen (secondary N) is 1. The van der Waals surface area contributed by atoms with E-state index in [9.17, 15) is 9.18 Å². The molecule has 156 valence electrons. The Morgan fingerprint density at radius 2 is 2.14 bits per heavy atom. The van der Waals surface area contributed by atoms with Crippen LogP contribution in [0.5, 0.6) is 0 Å². The van der Waals surface area contributed by atoms with Crippen molar-refractivity contribution in [3.8, 4) is 0 Å². The first-order chi connectivity index (χ1) is 14.0. The van der Waals surface area contributed by atoms with Crippen molar-refractivity contribution in [2.24, 2.45) is 5.41 Å². The minimum atomic E-state index is -0.309. The Balaban J connectivity index is 1.49. The molecule has 4 rings (SSSR count). The molecule has 2 aliphatic rings. The van der Waals surface area contributed by atoms with Crippen molar-refractivity contribution in [1.29, 1.82) is 0 Å². The van der Waals surface area contributed by atoms with Crippen molar-refractivity contribution in [2.45, 2.75) is 45.1 Å². The van der Waals surface area contributed by atoms with Gasteiger partial charge in [-0.05, 0) is 30.5 Å². The summed E-state index contributed by atoms with van der Waals surface area (Å²) in [4.78, 5) is 14.7. The van der Waals surface area contributed by atoms with Gasteiger partial charge in [0, 0.05) is 44.2 Å². The standard InChI is InChI=1S/C21H27FN4O3/c1-14(2)18-24-25-19(29-18)17-12-26(13-21(17)6-8-28-9-7-21)20(27)23-11-15-4-3-5-16(22)10-15/h3-5,10,14,17H,6-9,11-13H2,1-2H3,(H,23,27). The number of amides is 2. The number of urea groups is 1. The third-order valence-corrected chi connectivity index (χ3v) is 6.00. The fourth-order valence-corrected chi connectivity index (χ4v) is 4.31. The molecule has 2 aliphatic heterocycles. The average Bonchev–Trinajstić information content (AvgIpc) is 3.32. The number of carbonyl (C=O) groups excluding carboxylic acids is 1. The maximum atomic E-state index is 13.4. The zero-order valence-electron chi connectivity index (χ0n) is 16.9. The Kier molecular flexibility index (Phi) is 5.54. The van der Waals surface area contributed by atoms with Crippen LogP contribution in [0.3, 0.4) is 0 Å². The van der Waals surface area contributed by atoms with E-state index in [2.05, 4.69) is 15.5 Å². The summed E-state index contributed by atoms with van der Waals surface area (Å²) in [7, 11) is 0. The molecule has 7 nitrogen and oxygen atoms in total. The fraction of sp³-hybridized carbons (Fsp3) is 0.571. The van der Waals surface area contributed by atoms with Crippen LogP contribution < -0.4 is 5.32 Å². The topological polar surface area (TPSA) is 80.5 Å². The number of rotatable bonds is 4. The SMILES string of the molecule is CC(C)c1nnc(C2CN(C(=O)NCc3cccc(F)c3)CC23CCOCC3)o1. The molecule has 1 aromatic heterocycles.